The minimum Gasteiger partial charge on any atom is -0.352 e. The van der Waals surface area contributed by atoms with Crippen LogP contribution in [0.2, 0.25) is 0 Å². The second-order valence-electron chi connectivity index (χ2n) is 8.30. The molecule has 5 heteroatoms. The maximum absolute atomic E-state index is 4.39. The van der Waals surface area contributed by atoms with E-state index in [4.69, 9.17) is 0 Å². The molecule has 3 heterocycles. The molecule has 0 saturated carbocycles. The molecule has 0 atom stereocenters. The molecule has 5 nitrogen and oxygen atoms in total. The van der Waals surface area contributed by atoms with E-state index in [1.165, 1.54) is 35.8 Å². The van der Waals surface area contributed by atoms with Gasteiger partial charge < -0.3 is 9.97 Å². The van der Waals surface area contributed by atoms with Crippen molar-refractivity contribution in [2.45, 2.75) is 32.7 Å². The smallest absolute Gasteiger partial charge is 0.177 e. The van der Waals surface area contributed by atoms with Gasteiger partial charge in [-0.1, -0.05) is 42.0 Å². The van der Waals surface area contributed by atoms with E-state index in [1.54, 1.807) is 0 Å². The highest BCUT2D eigenvalue weighted by molar-refractivity contribution is 5.85. The monoisotopic (exact) mass is 385 g/mol. The molecule has 2 N–H and O–H groups in total. The van der Waals surface area contributed by atoms with Gasteiger partial charge in [-0.3, -0.25) is 4.90 Å². The molecule has 4 aromatic rings. The number of aromatic amines is 2. The highest BCUT2D eigenvalue weighted by Gasteiger charge is 2.20. The highest BCUT2D eigenvalue weighted by Crippen LogP contribution is 2.24. The Kier molecular flexibility index (Phi) is 4.90. The Balaban J connectivity index is 1.19. The van der Waals surface area contributed by atoms with Gasteiger partial charge in [0.1, 0.15) is 5.82 Å². The Morgan fingerprint density at radius 3 is 2.62 bits per heavy atom. The van der Waals surface area contributed by atoms with Crippen molar-refractivity contribution < 1.29 is 0 Å². The Morgan fingerprint density at radius 1 is 0.966 bits per heavy atom. The van der Waals surface area contributed by atoms with Crippen LogP contribution in [-0.2, 0) is 13.0 Å². The molecule has 0 radical (unpaired) electrons. The van der Waals surface area contributed by atoms with Gasteiger partial charge in [-0.2, -0.15) is 0 Å². The number of benzene rings is 2. The number of nitrogens with one attached hydrogen (secondary N) is 2. The van der Waals surface area contributed by atoms with E-state index < -0.39 is 0 Å². The predicted octanol–water partition coefficient (Wildman–Crippen LogP) is 4.72. The topological polar surface area (TPSA) is 60.6 Å². The molecular weight excluding hydrogens is 358 g/mol. The number of aryl methyl sites for hydroxylation is 1. The van der Waals surface area contributed by atoms with Crippen molar-refractivity contribution in [1.29, 1.82) is 0 Å². The van der Waals surface area contributed by atoms with Gasteiger partial charge in [0.25, 0.3) is 0 Å². The molecule has 0 unspecified atom stereocenters. The summed E-state index contributed by atoms with van der Waals surface area (Å²) >= 11 is 0. The summed E-state index contributed by atoms with van der Waals surface area (Å²) in [4.78, 5) is 9.33. The summed E-state index contributed by atoms with van der Waals surface area (Å²) in [5, 5.41) is 9.98. The van der Waals surface area contributed by atoms with Gasteiger partial charge in [0.15, 0.2) is 5.82 Å². The normalized spacial score (nSPS) is 15.9. The van der Waals surface area contributed by atoms with Crippen molar-refractivity contribution >= 4 is 10.9 Å². The average molecular weight is 386 g/mol. The SMILES string of the molecule is Cc1ccc2[nH]c(-c3nnc(CN4CCC(Cc5ccccc5)CC4)[nH]3)cc2c1. The van der Waals surface area contributed by atoms with Gasteiger partial charge in [0.2, 0.25) is 0 Å². The number of hydrogen-bond acceptors (Lipinski definition) is 3. The van der Waals surface area contributed by atoms with Crippen LogP contribution in [0.4, 0.5) is 0 Å². The number of nitrogens with zero attached hydrogens (tertiary/aromatic N) is 3. The van der Waals surface area contributed by atoms with Crippen LogP contribution in [0.1, 0.15) is 29.8 Å². The van der Waals surface area contributed by atoms with E-state index in [-0.39, 0.29) is 0 Å². The fraction of sp³-hybridized carbons (Fsp3) is 0.333. The standard InChI is InChI=1S/C24H27N5/c1-17-7-8-21-20(13-17)15-22(25-21)24-26-23(27-28-24)16-29-11-9-19(10-12-29)14-18-5-3-2-4-6-18/h2-8,13,15,19,25H,9-12,14,16H2,1H3,(H,26,27,28). The van der Waals surface area contributed by atoms with Crippen molar-refractivity contribution in [3.8, 4) is 11.5 Å². The molecule has 2 aromatic carbocycles. The number of fused-ring (bicyclic) bond motifs is 1. The van der Waals surface area contributed by atoms with Crippen LogP contribution >= 0.6 is 0 Å². The Morgan fingerprint density at radius 2 is 1.79 bits per heavy atom. The molecule has 1 saturated heterocycles. The van der Waals surface area contributed by atoms with Crippen molar-refractivity contribution in [2.75, 3.05) is 13.1 Å². The highest BCUT2D eigenvalue weighted by atomic mass is 15.3. The van der Waals surface area contributed by atoms with Gasteiger partial charge in [0.05, 0.1) is 12.2 Å². The first kappa shape index (κ1) is 18.1. The van der Waals surface area contributed by atoms with E-state index in [0.717, 1.165) is 48.4 Å². The first-order valence-corrected chi connectivity index (χ1v) is 10.5. The molecule has 1 aliphatic rings. The lowest BCUT2D eigenvalue weighted by Gasteiger charge is -2.31. The summed E-state index contributed by atoms with van der Waals surface area (Å²) in [6.45, 7) is 5.20. The van der Waals surface area contributed by atoms with Gasteiger partial charge >= 0.3 is 0 Å². The Hall–Kier alpha value is -2.92. The van der Waals surface area contributed by atoms with Crippen molar-refractivity contribution in [1.82, 2.24) is 25.1 Å². The molecule has 0 spiro atoms. The fourth-order valence-electron chi connectivity index (χ4n) is 4.38. The zero-order valence-corrected chi connectivity index (χ0v) is 16.9. The molecule has 0 aliphatic carbocycles. The van der Waals surface area contributed by atoms with Crippen LogP contribution in [0.5, 0.6) is 0 Å². The van der Waals surface area contributed by atoms with Gasteiger partial charge in [-0.15, -0.1) is 10.2 Å². The third kappa shape index (κ3) is 4.10. The number of rotatable bonds is 5. The van der Waals surface area contributed by atoms with Crippen LogP contribution in [0.3, 0.4) is 0 Å². The first-order chi connectivity index (χ1) is 14.2. The van der Waals surface area contributed by atoms with Crippen LogP contribution in [0.15, 0.2) is 54.6 Å². The van der Waals surface area contributed by atoms with Crippen molar-refractivity contribution in [3.63, 3.8) is 0 Å². The van der Waals surface area contributed by atoms with Gasteiger partial charge in [0, 0.05) is 10.9 Å². The molecule has 29 heavy (non-hydrogen) atoms. The van der Waals surface area contributed by atoms with Crippen LogP contribution in [0.25, 0.3) is 22.4 Å². The molecule has 5 rings (SSSR count). The summed E-state index contributed by atoms with van der Waals surface area (Å²) < 4.78 is 0. The maximum Gasteiger partial charge on any atom is 0.177 e. The molecule has 1 fully saturated rings. The summed E-state index contributed by atoms with van der Waals surface area (Å²) in [5.41, 5.74) is 4.84. The summed E-state index contributed by atoms with van der Waals surface area (Å²) in [6.07, 6.45) is 3.69. The number of hydrogen-bond donors (Lipinski definition) is 2. The molecule has 2 aromatic heterocycles. The van der Waals surface area contributed by atoms with E-state index in [9.17, 15) is 0 Å². The van der Waals surface area contributed by atoms with E-state index in [2.05, 4.69) is 86.6 Å². The Labute approximate surface area is 171 Å². The quantitative estimate of drug-likeness (QED) is 0.523. The Bertz CT molecular complexity index is 1090. The minimum absolute atomic E-state index is 0.786. The first-order valence-electron chi connectivity index (χ1n) is 10.5. The van der Waals surface area contributed by atoms with Crippen LogP contribution < -0.4 is 0 Å². The number of H-pyrrole nitrogens is 2. The van der Waals surface area contributed by atoms with Crippen LogP contribution in [-0.4, -0.2) is 38.2 Å². The summed E-state index contributed by atoms with van der Waals surface area (Å²) in [6, 6.07) is 19.4. The van der Waals surface area contributed by atoms with Crippen molar-refractivity contribution in [2.24, 2.45) is 5.92 Å². The largest absolute Gasteiger partial charge is 0.352 e. The predicted molar refractivity (Wildman–Crippen MR) is 117 cm³/mol. The maximum atomic E-state index is 4.39. The number of piperidine rings is 1. The van der Waals surface area contributed by atoms with E-state index in [0.29, 0.717) is 0 Å². The number of aromatic nitrogens is 4. The van der Waals surface area contributed by atoms with Gasteiger partial charge in [-0.05, 0) is 69.0 Å². The van der Waals surface area contributed by atoms with Gasteiger partial charge in [-0.25, -0.2) is 0 Å². The van der Waals surface area contributed by atoms with E-state index in [1.807, 2.05) is 0 Å². The average Bonchev–Trinajstić information content (AvgIpc) is 3.37. The van der Waals surface area contributed by atoms with E-state index >= 15 is 0 Å². The third-order valence-electron chi connectivity index (χ3n) is 6.01. The minimum atomic E-state index is 0.786. The lowest BCUT2D eigenvalue weighted by atomic mass is 9.90. The lowest BCUT2D eigenvalue weighted by Crippen LogP contribution is -2.34. The summed E-state index contributed by atoms with van der Waals surface area (Å²) in [5.74, 6) is 2.54. The second-order valence-corrected chi connectivity index (χ2v) is 8.30. The number of likely N-dealkylation sites (tertiary alicyclic amines) is 1. The molecule has 1 aliphatic heterocycles. The molecule has 0 bridgehead atoms. The summed E-state index contributed by atoms with van der Waals surface area (Å²) in [7, 11) is 0. The second kappa shape index (κ2) is 7.84. The zero-order valence-electron chi connectivity index (χ0n) is 16.9. The van der Waals surface area contributed by atoms with Crippen molar-refractivity contribution in [3.05, 3.63) is 71.5 Å². The molecule has 148 valence electrons. The molecular formula is C24H27N5. The lowest BCUT2D eigenvalue weighted by molar-refractivity contribution is 0.173. The third-order valence-corrected chi connectivity index (χ3v) is 6.01. The molecule has 0 amide bonds. The zero-order chi connectivity index (χ0) is 19.6. The fourth-order valence-corrected chi connectivity index (χ4v) is 4.38. The van der Waals surface area contributed by atoms with Crippen LogP contribution in [0, 0.1) is 12.8 Å².